The van der Waals surface area contributed by atoms with Crippen LogP contribution in [0.3, 0.4) is 0 Å². The van der Waals surface area contributed by atoms with Gasteiger partial charge in [-0.3, -0.25) is 4.40 Å². The Morgan fingerprint density at radius 1 is 1.17 bits per heavy atom. The maximum absolute atomic E-state index is 5.92. The molecule has 3 rings (SSSR count). The lowest BCUT2D eigenvalue weighted by Crippen LogP contribution is -2.31. The van der Waals surface area contributed by atoms with Gasteiger partial charge in [-0.05, 0) is 38.1 Å². The second-order valence-electron chi connectivity index (χ2n) is 5.06. The first-order valence-electron chi connectivity index (χ1n) is 6.78. The summed E-state index contributed by atoms with van der Waals surface area (Å²) in [6.07, 6.45) is 7.16. The van der Waals surface area contributed by atoms with Crippen molar-refractivity contribution >= 4 is 11.5 Å². The lowest BCUT2D eigenvalue weighted by Gasteiger charge is -2.25. The number of piperidine rings is 1. The molecule has 1 fully saturated rings. The first-order valence-corrected chi connectivity index (χ1v) is 6.78. The molecular formula is C14H20N4. The van der Waals surface area contributed by atoms with Crippen LogP contribution in [0.5, 0.6) is 0 Å². The summed E-state index contributed by atoms with van der Waals surface area (Å²) in [7, 11) is 0. The van der Waals surface area contributed by atoms with Crippen LogP contribution >= 0.6 is 0 Å². The Morgan fingerprint density at radius 3 is 2.78 bits per heavy atom. The molecule has 0 aromatic carbocycles. The van der Waals surface area contributed by atoms with Crippen molar-refractivity contribution in [2.45, 2.75) is 25.7 Å². The van der Waals surface area contributed by atoms with E-state index in [4.69, 9.17) is 5.73 Å². The molecule has 4 nitrogen and oxygen atoms in total. The quantitative estimate of drug-likeness (QED) is 0.897. The van der Waals surface area contributed by atoms with Gasteiger partial charge in [0.25, 0.3) is 0 Å². The molecule has 0 radical (unpaired) electrons. The van der Waals surface area contributed by atoms with Crippen molar-refractivity contribution in [1.29, 1.82) is 0 Å². The van der Waals surface area contributed by atoms with Gasteiger partial charge in [0.15, 0.2) is 0 Å². The van der Waals surface area contributed by atoms with E-state index >= 15 is 0 Å². The molecule has 18 heavy (non-hydrogen) atoms. The van der Waals surface area contributed by atoms with Gasteiger partial charge in [0, 0.05) is 19.2 Å². The molecular weight excluding hydrogens is 224 g/mol. The van der Waals surface area contributed by atoms with Crippen molar-refractivity contribution in [1.82, 2.24) is 14.3 Å². The predicted octanol–water partition coefficient (Wildman–Crippen LogP) is 1.94. The fourth-order valence-corrected chi connectivity index (χ4v) is 2.66. The fourth-order valence-electron chi connectivity index (χ4n) is 2.66. The van der Waals surface area contributed by atoms with Gasteiger partial charge in [-0.15, -0.1) is 0 Å². The molecule has 0 saturated carbocycles. The third-order valence-electron chi connectivity index (χ3n) is 3.71. The highest BCUT2D eigenvalue weighted by atomic mass is 15.1. The molecule has 1 saturated heterocycles. The standard InChI is InChI=1S/C14H20N4/c15-13-5-4-6-14-16-12(11-18(13)14)7-10-17-8-2-1-3-9-17/h4-6,11H,1-3,7-10,15H2. The van der Waals surface area contributed by atoms with Crippen molar-refractivity contribution < 1.29 is 0 Å². The minimum Gasteiger partial charge on any atom is -0.385 e. The van der Waals surface area contributed by atoms with E-state index in [1.807, 2.05) is 22.6 Å². The highest BCUT2D eigenvalue weighted by molar-refractivity contribution is 5.48. The minimum absolute atomic E-state index is 0.754. The zero-order valence-corrected chi connectivity index (χ0v) is 10.7. The van der Waals surface area contributed by atoms with Gasteiger partial charge in [0.05, 0.1) is 5.69 Å². The lowest BCUT2D eigenvalue weighted by atomic mass is 10.1. The normalized spacial score (nSPS) is 17.3. The van der Waals surface area contributed by atoms with E-state index in [1.54, 1.807) is 0 Å². The number of fused-ring (bicyclic) bond motifs is 1. The fraction of sp³-hybridized carbons (Fsp3) is 0.500. The van der Waals surface area contributed by atoms with E-state index in [1.165, 1.54) is 32.4 Å². The van der Waals surface area contributed by atoms with Crippen LogP contribution in [0.15, 0.2) is 24.4 Å². The van der Waals surface area contributed by atoms with Crippen molar-refractivity contribution in [2.75, 3.05) is 25.4 Å². The van der Waals surface area contributed by atoms with Gasteiger partial charge < -0.3 is 10.6 Å². The molecule has 3 heterocycles. The van der Waals surface area contributed by atoms with Crippen LogP contribution in [0, 0.1) is 0 Å². The number of likely N-dealkylation sites (tertiary alicyclic amines) is 1. The number of nitrogens with zero attached hydrogens (tertiary/aromatic N) is 3. The second-order valence-corrected chi connectivity index (χ2v) is 5.06. The van der Waals surface area contributed by atoms with E-state index in [9.17, 15) is 0 Å². The molecule has 0 spiro atoms. The summed E-state index contributed by atoms with van der Waals surface area (Å²) in [6.45, 7) is 3.61. The number of pyridine rings is 1. The molecule has 2 N–H and O–H groups in total. The Labute approximate surface area is 107 Å². The van der Waals surface area contributed by atoms with Gasteiger partial charge in [0.1, 0.15) is 11.5 Å². The summed E-state index contributed by atoms with van der Waals surface area (Å²) in [5, 5.41) is 0. The van der Waals surface area contributed by atoms with E-state index in [0.29, 0.717) is 0 Å². The third-order valence-corrected chi connectivity index (χ3v) is 3.71. The molecule has 0 bridgehead atoms. The number of imidazole rings is 1. The first kappa shape index (κ1) is 11.5. The highest BCUT2D eigenvalue weighted by Gasteiger charge is 2.11. The number of nitrogens with two attached hydrogens (primary N) is 1. The number of rotatable bonds is 3. The molecule has 4 heteroatoms. The van der Waals surface area contributed by atoms with Gasteiger partial charge in [0.2, 0.25) is 0 Å². The number of aromatic nitrogens is 2. The van der Waals surface area contributed by atoms with Crippen LogP contribution in [-0.4, -0.2) is 33.9 Å². The van der Waals surface area contributed by atoms with Gasteiger partial charge >= 0.3 is 0 Å². The Kier molecular flexibility index (Phi) is 3.19. The molecule has 0 unspecified atom stereocenters. The summed E-state index contributed by atoms with van der Waals surface area (Å²) in [5.41, 5.74) is 8.01. The number of anilines is 1. The molecule has 1 aliphatic heterocycles. The minimum atomic E-state index is 0.754. The summed E-state index contributed by atoms with van der Waals surface area (Å²) in [6, 6.07) is 5.86. The largest absolute Gasteiger partial charge is 0.385 e. The molecule has 96 valence electrons. The average Bonchev–Trinajstić information content (AvgIpc) is 2.82. The van der Waals surface area contributed by atoms with Crippen LogP contribution in [0.2, 0.25) is 0 Å². The number of hydrogen-bond acceptors (Lipinski definition) is 3. The second kappa shape index (κ2) is 4.98. The van der Waals surface area contributed by atoms with Crippen LogP contribution in [0.1, 0.15) is 25.0 Å². The molecule has 0 aliphatic carbocycles. The Morgan fingerprint density at radius 2 is 2.00 bits per heavy atom. The van der Waals surface area contributed by atoms with E-state index in [-0.39, 0.29) is 0 Å². The number of hydrogen-bond donors (Lipinski definition) is 1. The maximum Gasteiger partial charge on any atom is 0.138 e. The van der Waals surface area contributed by atoms with Crippen molar-refractivity contribution in [2.24, 2.45) is 0 Å². The maximum atomic E-state index is 5.92. The average molecular weight is 244 g/mol. The summed E-state index contributed by atoms with van der Waals surface area (Å²) < 4.78 is 1.96. The lowest BCUT2D eigenvalue weighted by molar-refractivity contribution is 0.231. The predicted molar refractivity (Wildman–Crippen MR) is 73.6 cm³/mol. The van der Waals surface area contributed by atoms with E-state index < -0.39 is 0 Å². The SMILES string of the molecule is Nc1cccc2nc(CCN3CCCCC3)cn12. The van der Waals surface area contributed by atoms with Gasteiger partial charge in [-0.25, -0.2) is 4.98 Å². The zero-order valence-electron chi connectivity index (χ0n) is 10.7. The Balaban J connectivity index is 1.69. The summed E-state index contributed by atoms with van der Waals surface area (Å²) >= 11 is 0. The van der Waals surface area contributed by atoms with Crippen molar-refractivity contribution in [3.8, 4) is 0 Å². The van der Waals surface area contributed by atoms with Crippen molar-refractivity contribution in [3.05, 3.63) is 30.1 Å². The first-order chi connectivity index (χ1) is 8.83. The smallest absolute Gasteiger partial charge is 0.138 e. The van der Waals surface area contributed by atoms with Gasteiger partial charge in [-0.1, -0.05) is 12.5 Å². The molecule has 0 amide bonds. The topological polar surface area (TPSA) is 46.6 Å². The summed E-state index contributed by atoms with van der Waals surface area (Å²) in [4.78, 5) is 7.15. The molecule has 1 aliphatic rings. The third kappa shape index (κ3) is 2.34. The zero-order chi connectivity index (χ0) is 12.4. The van der Waals surface area contributed by atoms with Crippen LogP contribution < -0.4 is 5.73 Å². The Bertz CT molecular complexity index is 526. The van der Waals surface area contributed by atoms with E-state index in [0.717, 1.165) is 30.1 Å². The van der Waals surface area contributed by atoms with Gasteiger partial charge in [-0.2, -0.15) is 0 Å². The van der Waals surface area contributed by atoms with Crippen LogP contribution in [0.4, 0.5) is 5.82 Å². The van der Waals surface area contributed by atoms with Crippen molar-refractivity contribution in [3.63, 3.8) is 0 Å². The van der Waals surface area contributed by atoms with Crippen LogP contribution in [0.25, 0.3) is 5.65 Å². The number of nitrogen functional groups attached to an aromatic ring is 1. The summed E-state index contributed by atoms with van der Waals surface area (Å²) in [5.74, 6) is 0.754. The van der Waals surface area contributed by atoms with E-state index in [2.05, 4.69) is 16.1 Å². The Hall–Kier alpha value is -1.55. The highest BCUT2D eigenvalue weighted by Crippen LogP contribution is 2.13. The van der Waals surface area contributed by atoms with Crippen LogP contribution in [-0.2, 0) is 6.42 Å². The molecule has 2 aromatic heterocycles. The monoisotopic (exact) mass is 244 g/mol. The molecule has 0 atom stereocenters. The molecule has 2 aromatic rings.